The fraction of sp³-hybridized carbons (Fsp3) is 0.0145. The Hall–Kier alpha value is -9.44. The zero-order chi connectivity index (χ0) is 47.3. The third-order valence-electron chi connectivity index (χ3n) is 15.3. The van der Waals surface area contributed by atoms with Crippen LogP contribution in [0.25, 0.3) is 88.0 Å². The van der Waals surface area contributed by atoms with Crippen LogP contribution in [-0.4, -0.2) is 0 Å². The van der Waals surface area contributed by atoms with E-state index in [9.17, 15) is 0 Å². The summed E-state index contributed by atoms with van der Waals surface area (Å²) in [6.45, 7) is 0. The van der Waals surface area contributed by atoms with E-state index in [0.717, 1.165) is 117 Å². The van der Waals surface area contributed by atoms with E-state index in [0.29, 0.717) is 0 Å². The van der Waals surface area contributed by atoms with Gasteiger partial charge < -0.3 is 14.1 Å². The van der Waals surface area contributed by atoms with E-state index < -0.39 is 5.41 Å². The van der Waals surface area contributed by atoms with Gasteiger partial charge in [-0.1, -0.05) is 218 Å². The summed E-state index contributed by atoms with van der Waals surface area (Å²) in [6.07, 6.45) is 0. The summed E-state index contributed by atoms with van der Waals surface area (Å²) in [5.74, 6) is 1.84. The molecule has 2 heterocycles. The fourth-order valence-corrected chi connectivity index (χ4v) is 12.1. The van der Waals surface area contributed by atoms with Gasteiger partial charge in [0.05, 0.1) is 11.1 Å². The molecule has 0 amide bonds. The standard InChI is InChI=1S/C69H43NO2/c1-2-15-45(16-3-1)52-19-9-12-27-64(52)70(51-38-31-48(32-39-51)53-24-14-25-59-58-23-10-13-28-65(58)71-66(53)59)50-36-29-44(30-37-50)49-33-40-57-56-22-8-11-26-60(56)69(63(57)43-49)61-41-34-46-17-4-6-20-54(46)67(61)72-68-55-21-7-5-18-47(55)35-42-62(68)69/h1-43H. The zero-order valence-corrected chi connectivity index (χ0v) is 39.1. The molecule has 15 rings (SSSR count). The SMILES string of the molecule is c1ccc(-c2ccccc2N(c2ccc(-c3ccc4c(c3)C3(c5ccccc5-4)c4ccc5ccccc5c4Oc4c3ccc3ccccc43)cc2)c2ccc(-c3cccc4c3oc3ccccc34)cc2)cc1. The number of hydrogen-bond acceptors (Lipinski definition) is 3. The predicted molar refractivity (Wildman–Crippen MR) is 297 cm³/mol. The Morgan fingerprint density at radius 1 is 0.306 bits per heavy atom. The first-order valence-electron chi connectivity index (χ1n) is 24.7. The number of rotatable bonds is 6. The molecule has 2 aliphatic rings. The van der Waals surface area contributed by atoms with Crippen molar-refractivity contribution in [3.63, 3.8) is 0 Å². The van der Waals surface area contributed by atoms with E-state index in [1.165, 1.54) is 22.3 Å². The minimum Gasteiger partial charge on any atom is -0.455 e. The van der Waals surface area contributed by atoms with Crippen LogP contribution in [-0.2, 0) is 5.41 Å². The molecule has 1 aromatic heterocycles. The molecule has 13 aromatic rings. The van der Waals surface area contributed by atoms with E-state index >= 15 is 0 Å². The third kappa shape index (κ3) is 5.92. The number of nitrogens with zero attached hydrogens (tertiary/aromatic N) is 1. The molecule has 0 saturated heterocycles. The van der Waals surface area contributed by atoms with Crippen LogP contribution >= 0.6 is 0 Å². The maximum Gasteiger partial charge on any atom is 0.143 e. The summed E-state index contributed by atoms with van der Waals surface area (Å²) < 4.78 is 13.7. The van der Waals surface area contributed by atoms with E-state index in [1.54, 1.807) is 0 Å². The molecule has 0 radical (unpaired) electrons. The Labute approximate surface area is 417 Å². The van der Waals surface area contributed by atoms with Crippen molar-refractivity contribution >= 4 is 60.5 Å². The van der Waals surface area contributed by atoms with E-state index in [4.69, 9.17) is 9.15 Å². The van der Waals surface area contributed by atoms with Crippen LogP contribution in [0.1, 0.15) is 22.3 Å². The molecule has 12 aromatic carbocycles. The summed E-state index contributed by atoms with van der Waals surface area (Å²) in [6, 6.07) is 94.6. The summed E-state index contributed by atoms with van der Waals surface area (Å²) in [5, 5.41) is 6.80. The quantitative estimate of drug-likeness (QED) is 0.166. The van der Waals surface area contributed by atoms with Crippen molar-refractivity contribution in [3.05, 3.63) is 283 Å². The van der Waals surface area contributed by atoms with Gasteiger partial charge in [0.15, 0.2) is 0 Å². The Kier molecular flexibility index (Phi) is 8.87. The second kappa shape index (κ2) is 15.8. The molecule has 0 unspecified atom stereocenters. The lowest BCUT2D eigenvalue weighted by Gasteiger charge is -2.40. The van der Waals surface area contributed by atoms with Gasteiger partial charge in [0.2, 0.25) is 0 Å². The van der Waals surface area contributed by atoms with Crippen molar-refractivity contribution in [3.8, 4) is 56.0 Å². The van der Waals surface area contributed by atoms with Crippen molar-refractivity contribution in [1.82, 2.24) is 0 Å². The number of fused-ring (bicyclic) bond motifs is 16. The second-order valence-corrected chi connectivity index (χ2v) is 19.1. The molecule has 336 valence electrons. The van der Waals surface area contributed by atoms with Crippen molar-refractivity contribution in [2.45, 2.75) is 5.41 Å². The minimum atomic E-state index is -0.626. The Balaban J connectivity index is 0.884. The average Bonchev–Trinajstić information content (AvgIpc) is 3.98. The fourth-order valence-electron chi connectivity index (χ4n) is 12.1. The molecule has 3 nitrogen and oxygen atoms in total. The minimum absolute atomic E-state index is 0.626. The topological polar surface area (TPSA) is 25.6 Å². The number of ether oxygens (including phenoxy) is 1. The van der Waals surface area contributed by atoms with Gasteiger partial charge in [0.25, 0.3) is 0 Å². The monoisotopic (exact) mass is 917 g/mol. The Bertz CT molecular complexity index is 4220. The molecule has 0 saturated carbocycles. The highest BCUT2D eigenvalue weighted by Gasteiger charge is 2.52. The lowest BCUT2D eigenvalue weighted by atomic mass is 9.65. The largest absolute Gasteiger partial charge is 0.455 e. The van der Waals surface area contributed by atoms with Gasteiger partial charge in [-0.05, 0) is 97.7 Å². The molecule has 0 fully saturated rings. The van der Waals surface area contributed by atoms with Crippen LogP contribution in [0, 0.1) is 0 Å². The molecule has 1 spiro atoms. The molecule has 1 aliphatic carbocycles. The van der Waals surface area contributed by atoms with Crippen LogP contribution in [0.15, 0.2) is 265 Å². The molecule has 1 aliphatic heterocycles. The predicted octanol–water partition coefficient (Wildman–Crippen LogP) is 18.8. The molecule has 3 heteroatoms. The lowest BCUT2D eigenvalue weighted by molar-refractivity contribution is 0.447. The average molecular weight is 918 g/mol. The first-order valence-corrected chi connectivity index (χ1v) is 24.7. The smallest absolute Gasteiger partial charge is 0.143 e. The van der Waals surface area contributed by atoms with Crippen LogP contribution in [0.2, 0.25) is 0 Å². The highest BCUT2D eigenvalue weighted by atomic mass is 16.5. The summed E-state index contributed by atoms with van der Waals surface area (Å²) in [5.41, 5.74) is 18.5. The Morgan fingerprint density at radius 2 is 0.833 bits per heavy atom. The molecule has 0 bridgehead atoms. The summed E-state index contributed by atoms with van der Waals surface area (Å²) in [4.78, 5) is 2.39. The van der Waals surface area contributed by atoms with Crippen molar-refractivity contribution in [1.29, 1.82) is 0 Å². The van der Waals surface area contributed by atoms with Crippen LogP contribution < -0.4 is 9.64 Å². The summed E-state index contributed by atoms with van der Waals surface area (Å²) >= 11 is 0. The second-order valence-electron chi connectivity index (χ2n) is 19.1. The van der Waals surface area contributed by atoms with Crippen LogP contribution in [0.5, 0.6) is 11.5 Å². The van der Waals surface area contributed by atoms with E-state index in [-0.39, 0.29) is 0 Å². The van der Waals surface area contributed by atoms with Gasteiger partial charge in [0.1, 0.15) is 22.7 Å². The number of anilines is 3. The van der Waals surface area contributed by atoms with Crippen molar-refractivity contribution in [2.75, 3.05) is 4.90 Å². The normalized spacial score (nSPS) is 12.9. The first kappa shape index (κ1) is 40.4. The lowest BCUT2D eigenvalue weighted by Crippen LogP contribution is -2.32. The summed E-state index contributed by atoms with van der Waals surface area (Å²) in [7, 11) is 0. The molecule has 0 N–H and O–H groups in total. The molecular weight excluding hydrogens is 875 g/mol. The van der Waals surface area contributed by atoms with Crippen LogP contribution in [0.4, 0.5) is 17.1 Å². The third-order valence-corrected chi connectivity index (χ3v) is 15.3. The first-order chi connectivity index (χ1) is 35.7. The van der Waals surface area contributed by atoms with Gasteiger partial charge in [-0.15, -0.1) is 0 Å². The van der Waals surface area contributed by atoms with Gasteiger partial charge in [0, 0.05) is 55.2 Å². The molecular formula is C69H43NO2. The highest BCUT2D eigenvalue weighted by molar-refractivity contribution is 6.10. The van der Waals surface area contributed by atoms with E-state index in [1.807, 2.05) is 12.1 Å². The number of furan rings is 1. The van der Waals surface area contributed by atoms with Gasteiger partial charge >= 0.3 is 0 Å². The number of hydrogen-bond donors (Lipinski definition) is 0. The van der Waals surface area contributed by atoms with Gasteiger partial charge in [-0.3, -0.25) is 0 Å². The van der Waals surface area contributed by atoms with Crippen LogP contribution in [0.3, 0.4) is 0 Å². The molecule has 72 heavy (non-hydrogen) atoms. The Morgan fingerprint density at radius 3 is 1.56 bits per heavy atom. The highest BCUT2D eigenvalue weighted by Crippen LogP contribution is 2.64. The number of para-hydroxylation sites is 3. The maximum absolute atomic E-state index is 7.23. The van der Waals surface area contributed by atoms with Gasteiger partial charge in [-0.25, -0.2) is 0 Å². The maximum atomic E-state index is 7.23. The van der Waals surface area contributed by atoms with Crippen molar-refractivity contribution < 1.29 is 9.15 Å². The van der Waals surface area contributed by atoms with E-state index in [2.05, 4.69) is 254 Å². The zero-order valence-electron chi connectivity index (χ0n) is 39.1. The number of benzene rings is 12. The van der Waals surface area contributed by atoms with Gasteiger partial charge in [-0.2, -0.15) is 0 Å². The van der Waals surface area contributed by atoms with Crippen molar-refractivity contribution in [2.24, 2.45) is 0 Å². The molecule has 0 atom stereocenters.